The molecular weight excluding hydrogens is 422 g/mol. The van der Waals surface area contributed by atoms with Crippen LogP contribution in [0.3, 0.4) is 0 Å². The van der Waals surface area contributed by atoms with Crippen LogP contribution in [-0.2, 0) is 17.9 Å². The van der Waals surface area contributed by atoms with Crippen molar-refractivity contribution in [1.29, 1.82) is 0 Å². The summed E-state index contributed by atoms with van der Waals surface area (Å²) in [6.07, 6.45) is 3.88. The molecule has 0 aliphatic rings. The summed E-state index contributed by atoms with van der Waals surface area (Å²) < 4.78 is 13.4. The number of aromatic hydroxyl groups is 1. The summed E-state index contributed by atoms with van der Waals surface area (Å²) in [7, 11) is -1.12. The fourth-order valence-corrected chi connectivity index (χ4v) is 3.76. The molecule has 0 bridgehead atoms. The van der Waals surface area contributed by atoms with E-state index in [0.29, 0.717) is 35.9 Å². The summed E-state index contributed by atoms with van der Waals surface area (Å²) in [5.74, 6) is 0.979. The lowest BCUT2D eigenvalue weighted by molar-refractivity contribution is 0.0798. The molecule has 0 aliphatic heterocycles. The molecule has 3 rings (SSSR count). The molecule has 0 fully saturated rings. The minimum absolute atomic E-state index is 0.0896. The zero-order valence-electron chi connectivity index (χ0n) is 18.9. The third kappa shape index (κ3) is 6.78. The minimum atomic E-state index is -1.12. The SMILES string of the molecule is C=C(CO)Cc1ccc(Oc2ccc(-c3ccnn3COCC[Si](C)(C)C)cn2)cc1O. The molecule has 8 heteroatoms. The van der Waals surface area contributed by atoms with Gasteiger partial charge in [0.15, 0.2) is 0 Å². The van der Waals surface area contributed by atoms with Gasteiger partial charge in [0.05, 0.1) is 12.3 Å². The van der Waals surface area contributed by atoms with Crippen LogP contribution >= 0.6 is 0 Å². The van der Waals surface area contributed by atoms with Crippen LogP contribution in [0.5, 0.6) is 17.4 Å². The maximum absolute atomic E-state index is 10.2. The molecule has 2 heterocycles. The average Bonchev–Trinajstić information content (AvgIpc) is 3.21. The van der Waals surface area contributed by atoms with E-state index in [1.165, 1.54) is 6.07 Å². The summed E-state index contributed by atoms with van der Waals surface area (Å²) in [5, 5.41) is 23.7. The van der Waals surface area contributed by atoms with Crippen LogP contribution in [-0.4, -0.2) is 46.3 Å². The first-order valence-electron chi connectivity index (χ1n) is 10.6. The number of aliphatic hydroxyl groups is 1. The van der Waals surface area contributed by atoms with E-state index in [-0.39, 0.29) is 12.4 Å². The highest BCUT2D eigenvalue weighted by Gasteiger charge is 2.13. The number of nitrogens with zero attached hydrogens (tertiary/aromatic N) is 3. The van der Waals surface area contributed by atoms with Gasteiger partial charge in [0.2, 0.25) is 5.88 Å². The average molecular weight is 454 g/mol. The third-order valence-electron chi connectivity index (χ3n) is 4.90. The molecule has 3 aromatic rings. The summed E-state index contributed by atoms with van der Waals surface area (Å²) in [6.45, 7) is 11.8. The van der Waals surface area contributed by atoms with Crippen LogP contribution in [0, 0.1) is 0 Å². The molecule has 170 valence electrons. The smallest absolute Gasteiger partial charge is 0.219 e. The van der Waals surface area contributed by atoms with Gasteiger partial charge in [-0.15, -0.1) is 0 Å². The molecule has 32 heavy (non-hydrogen) atoms. The van der Waals surface area contributed by atoms with E-state index in [1.807, 2.05) is 16.8 Å². The van der Waals surface area contributed by atoms with Gasteiger partial charge < -0.3 is 19.7 Å². The molecule has 0 radical (unpaired) electrons. The number of aliphatic hydroxyl groups excluding tert-OH is 1. The number of pyridine rings is 1. The Balaban J connectivity index is 1.62. The van der Waals surface area contributed by atoms with Gasteiger partial charge in [0.25, 0.3) is 0 Å². The lowest BCUT2D eigenvalue weighted by Crippen LogP contribution is -2.22. The Morgan fingerprint density at radius 2 is 1.97 bits per heavy atom. The molecule has 0 atom stereocenters. The van der Waals surface area contributed by atoms with Crippen molar-refractivity contribution in [3.05, 3.63) is 66.5 Å². The Kier molecular flexibility index (Phi) is 7.84. The van der Waals surface area contributed by atoms with E-state index in [2.05, 4.69) is 36.3 Å². The van der Waals surface area contributed by atoms with Crippen LogP contribution < -0.4 is 4.74 Å². The third-order valence-corrected chi connectivity index (χ3v) is 6.61. The van der Waals surface area contributed by atoms with Crippen molar-refractivity contribution in [2.24, 2.45) is 0 Å². The van der Waals surface area contributed by atoms with Crippen LogP contribution in [0.1, 0.15) is 5.56 Å². The number of hydrogen-bond donors (Lipinski definition) is 2. The Labute approximate surface area is 190 Å². The molecule has 0 unspecified atom stereocenters. The first-order valence-corrected chi connectivity index (χ1v) is 14.3. The van der Waals surface area contributed by atoms with Gasteiger partial charge in [-0.1, -0.05) is 32.3 Å². The first kappa shape index (κ1) is 23.7. The highest BCUT2D eigenvalue weighted by Crippen LogP contribution is 2.29. The first-order chi connectivity index (χ1) is 15.2. The van der Waals surface area contributed by atoms with Crippen molar-refractivity contribution in [3.63, 3.8) is 0 Å². The normalized spacial score (nSPS) is 11.5. The molecule has 0 spiro atoms. The van der Waals surface area contributed by atoms with Gasteiger partial charge in [-0.05, 0) is 41.8 Å². The maximum atomic E-state index is 10.2. The Morgan fingerprint density at radius 3 is 2.62 bits per heavy atom. The number of ether oxygens (including phenoxy) is 2. The van der Waals surface area contributed by atoms with Gasteiger partial charge in [-0.3, -0.25) is 0 Å². The standard InChI is InChI=1S/C24H31N3O4Si/c1-18(16-28)13-19-5-7-21(14-23(19)29)31-24-8-6-20(15-25-24)22-9-10-26-27(22)17-30-11-12-32(2,3)4/h5-10,14-15,28-29H,1,11-13,16-17H2,2-4H3. The van der Waals surface area contributed by atoms with Crippen LogP contribution in [0.25, 0.3) is 11.3 Å². The van der Waals surface area contributed by atoms with Crippen molar-refractivity contribution in [2.75, 3.05) is 13.2 Å². The molecular formula is C24H31N3O4Si. The van der Waals surface area contributed by atoms with Crippen molar-refractivity contribution in [1.82, 2.24) is 14.8 Å². The fraction of sp³-hybridized carbons (Fsp3) is 0.333. The Morgan fingerprint density at radius 1 is 1.16 bits per heavy atom. The number of phenolic OH excluding ortho intramolecular Hbond substituents is 1. The van der Waals surface area contributed by atoms with E-state index >= 15 is 0 Å². The van der Waals surface area contributed by atoms with Crippen molar-refractivity contribution in [3.8, 4) is 28.6 Å². The lowest BCUT2D eigenvalue weighted by Gasteiger charge is -2.16. The number of hydrogen-bond acceptors (Lipinski definition) is 6. The predicted octanol–water partition coefficient (Wildman–Crippen LogP) is 4.85. The number of rotatable bonds is 11. The maximum Gasteiger partial charge on any atom is 0.219 e. The predicted molar refractivity (Wildman–Crippen MR) is 128 cm³/mol. The van der Waals surface area contributed by atoms with E-state index in [4.69, 9.17) is 14.6 Å². The number of aromatic nitrogens is 3. The summed E-state index contributed by atoms with van der Waals surface area (Å²) in [4.78, 5) is 4.39. The van der Waals surface area contributed by atoms with E-state index in [9.17, 15) is 5.11 Å². The van der Waals surface area contributed by atoms with Gasteiger partial charge in [-0.2, -0.15) is 5.10 Å². The van der Waals surface area contributed by atoms with Crippen LogP contribution in [0.15, 0.2) is 60.9 Å². The lowest BCUT2D eigenvalue weighted by atomic mass is 10.1. The summed E-state index contributed by atoms with van der Waals surface area (Å²) in [5.41, 5.74) is 3.14. The van der Waals surface area contributed by atoms with Crippen molar-refractivity contribution >= 4 is 8.07 Å². The molecule has 2 N–H and O–H groups in total. The second-order valence-electron chi connectivity index (χ2n) is 8.93. The monoisotopic (exact) mass is 453 g/mol. The van der Waals surface area contributed by atoms with Gasteiger partial charge >= 0.3 is 0 Å². The van der Waals surface area contributed by atoms with Gasteiger partial charge in [0.1, 0.15) is 18.2 Å². The molecule has 2 aromatic heterocycles. The Hall–Kier alpha value is -2.94. The molecule has 0 saturated heterocycles. The summed E-state index contributed by atoms with van der Waals surface area (Å²) >= 11 is 0. The minimum Gasteiger partial charge on any atom is -0.508 e. The van der Waals surface area contributed by atoms with Crippen LogP contribution in [0.2, 0.25) is 25.7 Å². The quantitative estimate of drug-likeness (QED) is 0.245. The molecule has 0 saturated carbocycles. The topological polar surface area (TPSA) is 89.6 Å². The second kappa shape index (κ2) is 10.6. The van der Waals surface area contributed by atoms with Crippen molar-refractivity contribution < 1.29 is 19.7 Å². The zero-order chi connectivity index (χ0) is 23.1. The number of phenols is 1. The van der Waals surface area contributed by atoms with Crippen LogP contribution in [0.4, 0.5) is 0 Å². The highest BCUT2D eigenvalue weighted by atomic mass is 28.3. The zero-order valence-corrected chi connectivity index (χ0v) is 19.9. The molecule has 7 nitrogen and oxygen atoms in total. The van der Waals surface area contributed by atoms with Gasteiger partial charge in [-0.25, -0.2) is 9.67 Å². The van der Waals surface area contributed by atoms with E-state index < -0.39 is 8.07 Å². The van der Waals surface area contributed by atoms with Crippen molar-refractivity contribution in [2.45, 2.75) is 38.8 Å². The molecule has 0 amide bonds. The molecule has 0 aliphatic carbocycles. The van der Waals surface area contributed by atoms with Gasteiger partial charge in [0, 0.05) is 44.8 Å². The fourth-order valence-electron chi connectivity index (χ4n) is 3.00. The van der Waals surface area contributed by atoms with E-state index in [1.54, 1.807) is 30.6 Å². The summed E-state index contributed by atoms with van der Waals surface area (Å²) in [6, 6.07) is 11.8. The number of benzene rings is 1. The largest absolute Gasteiger partial charge is 0.508 e. The Bertz CT molecular complexity index is 1040. The second-order valence-corrected chi connectivity index (χ2v) is 14.5. The molecule has 1 aromatic carbocycles. The van der Waals surface area contributed by atoms with E-state index in [0.717, 1.165) is 23.9 Å². The highest BCUT2D eigenvalue weighted by molar-refractivity contribution is 6.76.